The predicted octanol–water partition coefficient (Wildman–Crippen LogP) is 1.94. The Bertz CT molecular complexity index is 463. The Morgan fingerprint density at radius 1 is 1.50 bits per heavy atom. The van der Waals surface area contributed by atoms with E-state index in [2.05, 4.69) is 0 Å². The van der Waals surface area contributed by atoms with E-state index in [1.807, 2.05) is 6.07 Å². The molecule has 0 amide bonds. The third kappa shape index (κ3) is 2.83. The number of aliphatic hydroxyl groups excluding tert-OH is 1. The molecule has 96 valence electrons. The highest BCUT2D eigenvalue weighted by atomic mass is 32.2. The molecule has 0 saturated carbocycles. The Balaban J connectivity index is 1.92. The lowest BCUT2D eigenvalue weighted by molar-refractivity contribution is -0.121. The van der Waals surface area contributed by atoms with Crippen LogP contribution >= 0.6 is 11.8 Å². The number of hydrogen-bond donors (Lipinski definition) is 1. The summed E-state index contributed by atoms with van der Waals surface area (Å²) in [7, 11) is 0. The first-order valence-corrected chi connectivity index (χ1v) is 6.79. The summed E-state index contributed by atoms with van der Waals surface area (Å²) in [5.74, 6) is 0.951. The summed E-state index contributed by atoms with van der Waals surface area (Å²) in [6, 6.07) is 6.37. The van der Waals surface area contributed by atoms with Gasteiger partial charge in [0.05, 0.1) is 31.5 Å². The van der Waals surface area contributed by atoms with Crippen molar-refractivity contribution >= 4 is 11.8 Å². The Morgan fingerprint density at radius 2 is 2.28 bits per heavy atom. The van der Waals surface area contributed by atoms with Crippen LogP contribution in [0.5, 0.6) is 0 Å². The maximum Gasteiger partial charge on any atom is 0.127 e. The normalized spacial score (nSPS) is 16.9. The monoisotopic (exact) mass is 267 g/mol. The van der Waals surface area contributed by atoms with Gasteiger partial charge < -0.3 is 9.84 Å². The van der Waals surface area contributed by atoms with Gasteiger partial charge in [-0.3, -0.25) is 0 Å². The molecule has 0 aromatic heterocycles. The molecule has 1 aromatic rings. The number of rotatable bonds is 5. The lowest BCUT2D eigenvalue weighted by Gasteiger charge is -2.39. The SMILES string of the molecule is N#Cc1ccc(F)c(CSCC2(CO)COC2)c1. The van der Waals surface area contributed by atoms with Gasteiger partial charge in [0.1, 0.15) is 5.82 Å². The molecule has 0 atom stereocenters. The fourth-order valence-corrected chi connectivity index (χ4v) is 2.98. The zero-order valence-corrected chi connectivity index (χ0v) is 10.7. The van der Waals surface area contributed by atoms with Gasteiger partial charge >= 0.3 is 0 Å². The van der Waals surface area contributed by atoms with Crippen LogP contribution in [0.15, 0.2) is 18.2 Å². The van der Waals surface area contributed by atoms with Crippen LogP contribution in [0.25, 0.3) is 0 Å². The van der Waals surface area contributed by atoms with Crippen LogP contribution in [-0.2, 0) is 10.5 Å². The van der Waals surface area contributed by atoms with Crippen LogP contribution in [0.3, 0.4) is 0 Å². The van der Waals surface area contributed by atoms with E-state index in [1.54, 1.807) is 17.8 Å². The maximum atomic E-state index is 13.5. The quantitative estimate of drug-likeness (QED) is 0.886. The Labute approximate surface area is 110 Å². The smallest absolute Gasteiger partial charge is 0.127 e. The first-order valence-electron chi connectivity index (χ1n) is 5.64. The lowest BCUT2D eigenvalue weighted by Crippen LogP contribution is -2.47. The molecule has 1 N–H and O–H groups in total. The summed E-state index contributed by atoms with van der Waals surface area (Å²) in [4.78, 5) is 0. The predicted molar refractivity (Wildman–Crippen MR) is 67.6 cm³/mol. The van der Waals surface area contributed by atoms with Crippen molar-refractivity contribution in [1.82, 2.24) is 0 Å². The van der Waals surface area contributed by atoms with E-state index in [9.17, 15) is 9.50 Å². The topological polar surface area (TPSA) is 53.2 Å². The minimum atomic E-state index is -0.288. The largest absolute Gasteiger partial charge is 0.396 e. The van der Waals surface area contributed by atoms with Gasteiger partial charge in [-0.05, 0) is 23.8 Å². The Kier molecular flexibility index (Phi) is 4.23. The van der Waals surface area contributed by atoms with Crippen LogP contribution < -0.4 is 0 Å². The number of ether oxygens (including phenoxy) is 1. The molecular weight excluding hydrogens is 253 g/mol. The van der Waals surface area contributed by atoms with Gasteiger partial charge in [0.15, 0.2) is 0 Å². The molecule has 0 unspecified atom stereocenters. The maximum absolute atomic E-state index is 13.5. The fraction of sp³-hybridized carbons (Fsp3) is 0.462. The van der Waals surface area contributed by atoms with Gasteiger partial charge in [0, 0.05) is 16.9 Å². The summed E-state index contributed by atoms with van der Waals surface area (Å²) in [6.45, 7) is 1.23. The van der Waals surface area contributed by atoms with Crippen LogP contribution in [0.2, 0.25) is 0 Å². The highest BCUT2D eigenvalue weighted by Gasteiger charge is 2.37. The molecule has 1 aliphatic rings. The van der Waals surface area contributed by atoms with Gasteiger partial charge in [-0.15, -0.1) is 0 Å². The lowest BCUT2D eigenvalue weighted by atomic mass is 9.90. The zero-order valence-electron chi connectivity index (χ0n) is 9.86. The first kappa shape index (κ1) is 13.3. The second-order valence-corrected chi connectivity index (χ2v) is 5.55. The molecule has 0 aliphatic carbocycles. The van der Waals surface area contributed by atoms with E-state index in [-0.39, 0.29) is 17.8 Å². The van der Waals surface area contributed by atoms with E-state index >= 15 is 0 Å². The third-order valence-electron chi connectivity index (χ3n) is 2.99. The average molecular weight is 267 g/mol. The van der Waals surface area contributed by atoms with Crippen LogP contribution in [-0.4, -0.2) is 30.7 Å². The first-order chi connectivity index (χ1) is 8.69. The fourth-order valence-electron chi connectivity index (χ4n) is 1.74. The number of benzene rings is 1. The molecule has 1 saturated heterocycles. The summed E-state index contributed by atoms with van der Waals surface area (Å²) in [6.07, 6.45) is 0. The number of thioether (sulfide) groups is 1. The van der Waals surface area contributed by atoms with Crippen molar-refractivity contribution < 1.29 is 14.2 Å². The van der Waals surface area contributed by atoms with E-state index in [0.717, 1.165) is 5.75 Å². The van der Waals surface area contributed by atoms with E-state index in [4.69, 9.17) is 10.00 Å². The molecule has 1 fully saturated rings. The van der Waals surface area contributed by atoms with Crippen molar-refractivity contribution in [2.45, 2.75) is 5.75 Å². The molecule has 0 radical (unpaired) electrons. The van der Waals surface area contributed by atoms with Gasteiger partial charge in [-0.2, -0.15) is 17.0 Å². The Hall–Kier alpha value is -1.09. The summed E-state index contributed by atoms with van der Waals surface area (Å²) in [5.41, 5.74) is 0.844. The van der Waals surface area contributed by atoms with E-state index < -0.39 is 0 Å². The zero-order chi connectivity index (χ0) is 13.0. The van der Waals surface area contributed by atoms with Gasteiger partial charge in [-0.25, -0.2) is 4.39 Å². The number of nitrogens with zero attached hydrogens (tertiary/aromatic N) is 1. The molecule has 5 heteroatoms. The van der Waals surface area contributed by atoms with Gasteiger partial charge in [-0.1, -0.05) is 0 Å². The van der Waals surface area contributed by atoms with Crippen molar-refractivity contribution in [3.8, 4) is 6.07 Å². The van der Waals surface area contributed by atoms with Crippen molar-refractivity contribution in [2.24, 2.45) is 5.41 Å². The van der Waals surface area contributed by atoms with Crippen molar-refractivity contribution in [3.05, 3.63) is 35.1 Å². The highest BCUT2D eigenvalue weighted by Crippen LogP contribution is 2.32. The number of nitriles is 1. The molecule has 18 heavy (non-hydrogen) atoms. The minimum absolute atomic E-state index is 0.0979. The molecule has 0 spiro atoms. The summed E-state index contributed by atoms with van der Waals surface area (Å²) < 4.78 is 18.6. The molecule has 1 heterocycles. The second kappa shape index (κ2) is 5.70. The second-order valence-electron chi connectivity index (χ2n) is 4.56. The van der Waals surface area contributed by atoms with Gasteiger partial charge in [0.2, 0.25) is 0 Å². The molecule has 2 rings (SSSR count). The number of halogens is 1. The van der Waals surface area contributed by atoms with Gasteiger partial charge in [0.25, 0.3) is 0 Å². The van der Waals surface area contributed by atoms with Crippen molar-refractivity contribution in [3.63, 3.8) is 0 Å². The summed E-state index contributed by atoms with van der Waals surface area (Å²) >= 11 is 1.56. The number of aliphatic hydroxyl groups is 1. The highest BCUT2D eigenvalue weighted by molar-refractivity contribution is 7.98. The van der Waals surface area contributed by atoms with Crippen LogP contribution in [0.1, 0.15) is 11.1 Å². The van der Waals surface area contributed by atoms with E-state index in [1.165, 1.54) is 12.1 Å². The molecule has 0 bridgehead atoms. The average Bonchev–Trinajstić information content (AvgIpc) is 2.35. The minimum Gasteiger partial charge on any atom is -0.396 e. The summed E-state index contributed by atoms with van der Waals surface area (Å²) in [5, 5.41) is 18.0. The number of hydrogen-bond acceptors (Lipinski definition) is 4. The van der Waals surface area contributed by atoms with Crippen molar-refractivity contribution in [1.29, 1.82) is 5.26 Å². The van der Waals surface area contributed by atoms with Crippen molar-refractivity contribution in [2.75, 3.05) is 25.6 Å². The standard InChI is InChI=1S/C13H14FNO2S/c14-12-2-1-10(4-15)3-11(12)5-18-9-13(6-16)7-17-8-13/h1-3,16H,5-9H2. The van der Waals surface area contributed by atoms with Crippen LogP contribution in [0, 0.1) is 22.6 Å². The molecule has 3 nitrogen and oxygen atoms in total. The van der Waals surface area contributed by atoms with E-state index in [0.29, 0.717) is 30.1 Å². The molecule has 1 aliphatic heterocycles. The Morgan fingerprint density at radius 3 is 2.83 bits per heavy atom. The molecular formula is C13H14FNO2S. The van der Waals surface area contributed by atoms with Crippen LogP contribution in [0.4, 0.5) is 4.39 Å². The molecule has 1 aromatic carbocycles. The third-order valence-corrected chi connectivity index (χ3v) is 4.32.